The van der Waals surface area contributed by atoms with Gasteiger partial charge in [0.05, 0.1) is 5.56 Å². The second kappa shape index (κ2) is 9.78. The number of halogens is 3. The van der Waals surface area contributed by atoms with Gasteiger partial charge in [-0.2, -0.15) is 18.2 Å². The summed E-state index contributed by atoms with van der Waals surface area (Å²) in [6, 6.07) is 8.82. The molecular formula is C19H21F3N6O3. The number of aromatic amines is 1. The quantitative estimate of drug-likeness (QED) is 0.396. The van der Waals surface area contributed by atoms with Crippen LogP contribution in [0.3, 0.4) is 0 Å². The van der Waals surface area contributed by atoms with E-state index in [1.807, 2.05) is 6.07 Å². The van der Waals surface area contributed by atoms with Crippen molar-refractivity contribution in [2.24, 2.45) is 11.7 Å². The molecule has 2 aliphatic rings. The number of fused-ring (bicyclic) bond motifs is 1. The first-order valence-corrected chi connectivity index (χ1v) is 9.03. The standard InChI is InChI=1S/C17H20N6O.C2HF3O2/c1-10(2)9-20-16-13-7-8-19-15(13)22-17(23-16)21-12-5-3-11(4-6-12)14(18)24;3-2(4,5)1(6)7/h3-8,10H,9H2,1-2H3,(H2,18,24)(H3,19,20,21,22,23);(H,6,7). The van der Waals surface area contributed by atoms with Crippen LogP contribution in [0.25, 0.3) is 11.4 Å². The van der Waals surface area contributed by atoms with Crippen molar-refractivity contribution in [2.75, 3.05) is 17.2 Å². The van der Waals surface area contributed by atoms with Gasteiger partial charge in [0, 0.05) is 24.0 Å². The summed E-state index contributed by atoms with van der Waals surface area (Å²) in [6.45, 7) is 5.11. The average molecular weight is 438 g/mol. The molecule has 3 rings (SSSR count). The molecule has 0 aliphatic carbocycles. The Balaban J connectivity index is 0.000000423. The third kappa shape index (κ3) is 6.87. The van der Waals surface area contributed by atoms with E-state index in [1.165, 1.54) is 0 Å². The molecule has 0 aromatic heterocycles. The lowest BCUT2D eigenvalue weighted by Crippen LogP contribution is -2.21. The number of nitrogens with two attached hydrogens (primary N) is 1. The number of H-pyrrole nitrogens is 1. The number of carbonyl (C=O) groups is 2. The summed E-state index contributed by atoms with van der Waals surface area (Å²) < 4.78 is 31.7. The van der Waals surface area contributed by atoms with Gasteiger partial charge in [0.2, 0.25) is 11.9 Å². The van der Waals surface area contributed by atoms with E-state index >= 15 is 0 Å². The normalized spacial score (nSPS) is 11.0. The van der Waals surface area contributed by atoms with Crippen LogP contribution in [0.4, 0.5) is 30.6 Å². The number of primary amides is 1. The van der Waals surface area contributed by atoms with Crippen LogP contribution >= 0.6 is 0 Å². The van der Waals surface area contributed by atoms with Gasteiger partial charge in [-0.25, -0.2) is 9.78 Å². The van der Waals surface area contributed by atoms with E-state index in [4.69, 9.17) is 15.6 Å². The lowest BCUT2D eigenvalue weighted by atomic mass is 10.2. The number of carboxylic acid groups (broad SMARTS) is 1. The number of carbonyl (C=O) groups excluding carboxylic acids is 1. The molecule has 2 aliphatic heterocycles. The van der Waals surface area contributed by atoms with Gasteiger partial charge in [-0.1, -0.05) is 13.8 Å². The second-order valence-corrected chi connectivity index (χ2v) is 6.79. The Morgan fingerprint density at radius 1 is 1.19 bits per heavy atom. The molecule has 166 valence electrons. The maximum atomic E-state index is 11.1. The van der Waals surface area contributed by atoms with Crippen molar-refractivity contribution in [3.05, 3.63) is 42.1 Å². The number of hydrogen-bond acceptors (Lipinski definition) is 6. The maximum absolute atomic E-state index is 11.1. The number of amides is 1. The molecule has 31 heavy (non-hydrogen) atoms. The largest absolute Gasteiger partial charge is 0.490 e. The van der Waals surface area contributed by atoms with E-state index in [0.29, 0.717) is 17.4 Å². The number of rotatable bonds is 6. The summed E-state index contributed by atoms with van der Waals surface area (Å²) in [5, 5.41) is 13.7. The van der Waals surface area contributed by atoms with Crippen LogP contribution < -0.4 is 16.4 Å². The minimum atomic E-state index is -5.08. The summed E-state index contributed by atoms with van der Waals surface area (Å²) in [6.07, 6.45) is -3.34. The summed E-state index contributed by atoms with van der Waals surface area (Å²) in [5.41, 5.74) is 7.46. The Morgan fingerprint density at radius 3 is 2.32 bits per heavy atom. The van der Waals surface area contributed by atoms with E-state index in [9.17, 15) is 18.0 Å². The molecule has 6 N–H and O–H groups in total. The molecule has 0 spiro atoms. The smallest absolute Gasteiger partial charge is 0.475 e. The van der Waals surface area contributed by atoms with Crippen molar-refractivity contribution >= 4 is 29.3 Å². The van der Waals surface area contributed by atoms with E-state index in [-0.39, 0.29) is 0 Å². The summed E-state index contributed by atoms with van der Waals surface area (Å²) in [7, 11) is 0. The summed E-state index contributed by atoms with van der Waals surface area (Å²) in [4.78, 5) is 32.1. The van der Waals surface area contributed by atoms with Gasteiger partial charge in [0.25, 0.3) is 0 Å². The molecular weight excluding hydrogens is 417 g/mol. The Morgan fingerprint density at radius 2 is 1.81 bits per heavy atom. The van der Waals surface area contributed by atoms with Crippen LogP contribution in [-0.2, 0) is 4.79 Å². The molecule has 0 saturated carbocycles. The zero-order valence-electron chi connectivity index (χ0n) is 16.6. The van der Waals surface area contributed by atoms with Gasteiger partial charge < -0.3 is 26.5 Å². The van der Waals surface area contributed by atoms with Crippen LogP contribution in [0.5, 0.6) is 0 Å². The van der Waals surface area contributed by atoms with Gasteiger partial charge >= 0.3 is 12.1 Å². The molecule has 0 unspecified atom stereocenters. The fourth-order valence-electron chi connectivity index (χ4n) is 2.29. The number of alkyl halides is 3. The number of anilines is 3. The van der Waals surface area contributed by atoms with E-state index < -0.39 is 18.1 Å². The molecule has 0 bridgehead atoms. The van der Waals surface area contributed by atoms with Crippen LogP contribution in [0.2, 0.25) is 0 Å². The molecule has 9 nitrogen and oxygen atoms in total. The highest BCUT2D eigenvalue weighted by atomic mass is 19.4. The maximum Gasteiger partial charge on any atom is 0.490 e. The van der Waals surface area contributed by atoms with E-state index in [0.717, 1.165) is 29.4 Å². The predicted molar refractivity (Wildman–Crippen MR) is 108 cm³/mol. The Labute approximate surface area is 175 Å². The third-order valence-electron chi connectivity index (χ3n) is 3.77. The molecule has 0 saturated heterocycles. The second-order valence-electron chi connectivity index (χ2n) is 6.79. The van der Waals surface area contributed by atoms with Gasteiger partial charge in [-0.15, -0.1) is 0 Å². The number of nitrogens with zero attached hydrogens (tertiary/aromatic N) is 2. The SMILES string of the molecule is CC(C)CNc1nc(Nc2ccc(C(N)=O)cc2)[nH]c2nccc1-2.O=C(O)C(F)(F)F. The number of aromatic nitrogens is 3. The fourth-order valence-corrected chi connectivity index (χ4v) is 2.29. The van der Waals surface area contributed by atoms with Gasteiger partial charge in [-0.3, -0.25) is 4.79 Å². The number of benzene rings is 1. The number of carboxylic acids is 1. The average Bonchev–Trinajstić information content (AvgIpc) is 3.15. The van der Waals surface area contributed by atoms with Crippen molar-refractivity contribution < 1.29 is 27.9 Å². The van der Waals surface area contributed by atoms with Crippen molar-refractivity contribution in [1.29, 1.82) is 0 Å². The minimum absolute atomic E-state index is 0.450. The summed E-state index contributed by atoms with van der Waals surface area (Å²) >= 11 is 0. The van der Waals surface area contributed by atoms with Gasteiger partial charge in [-0.05, 0) is 36.2 Å². The van der Waals surface area contributed by atoms with Crippen molar-refractivity contribution in [2.45, 2.75) is 20.0 Å². The van der Waals surface area contributed by atoms with Crippen LogP contribution in [0.15, 0.2) is 36.5 Å². The van der Waals surface area contributed by atoms with Crippen LogP contribution in [0.1, 0.15) is 24.2 Å². The summed E-state index contributed by atoms with van der Waals surface area (Å²) in [5.74, 6) is -0.592. The lowest BCUT2D eigenvalue weighted by molar-refractivity contribution is -0.192. The molecule has 1 aromatic rings. The number of hydrogen-bond donors (Lipinski definition) is 5. The third-order valence-corrected chi connectivity index (χ3v) is 3.77. The zero-order valence-corrected chi connectivity index (χ0v) is 16.6. The van der Waals surface area contributed by atoms with Gasteiger partial charge in [0.1, 0.15) is 11.6 Å². The van der Waals surface area contributed by atoms with Crippen LogP contribution in [0, 0.1) is 5.92 Å². The highest BCUT2D eigenvalue weighted by Crippen LogP contribution is 2.28. The van der Waals surface area contributed by atoms with Gasteiger partial charge in [0.15, 0.2) is 0 Å². The molecule has 12 heteroatoms. The highest BCUT2D eigenvalue weighted by molar-refractivity contribution is 5.93. The predicted octanol–water partition coefficient (Wildman–Crippen LogP) is 3.45. The van der Waals surface area contributed by atoms with Crippen molar-refractivity contribution in [3.63, 3.8) is 0 Å². The minimum Gasteiger partial charge on any atom is -0.475 e. The Hall–Kier alpha value is -3.83. The zero-order chi connectivity index (χ0) is 23.2. The highest BCUT2D eigenvalue weighted by Gasteiger charge is 2.38. The lowest BCUT2D eigenvalue weighted by Gasteiger charge is -2.14. The topological polar surface area (TPSA) is 146 Å². The van der Waals surface area contributed by atoms with Crippen LogP contribution in [-0.4, -0.2) is 44.7 Å². The van der Waals surface area contributed by atoms with E-state index in [2.05, 4.69) is 39.4 Å². The fraction of sp³-hybridized carbons (Fsp3) is 0.263. The van der Waals surface area contributed by atoms with E-state index in [1.54, 1.807) is 30.5 Å². The number of aliphatic carboxylic acids is 1. The molecule has 0 radical (unpaired) electrons. The Bertz CT molecular complexity index is 1000. The monoisotopic (exact) mass is 438 g/mol. The van der Waals surface area contributed by atoms with Crippen molar-refractivity contribution in [1.82, 2.24) is 15.0 Å². The molecule has 2 heterocycles. The molecule has 0 atom stereocenters. The molecule has 0 fully saturated rings. The molecule has 1 aromatic carbocycles. The Kier molecular flexibility index (Phi) is 7.40. The number of nitrogens with one attached hydrogen (secondary N) is 3. The first-order chi connectivity index (χ1) is 14.5. The molecule has 1 amide bonds. The first kappa shape index (κ1) is 23.4. The van der Waals surface area contributed by atoms with Crippen molar-refractivity contribution in [3.8, 4) is 11.4 Å². The first-order valence-electron chi connectivity index (χ1n) is 9.03.